The summed E-state index contributed by atoms with van der Waals surface area (Å²) in [4.78, 5) is 13.4. The summed E-state index contributed by atoms with van der Waals surface area (Å²) >= 11 is 4.05. The van der Waals surface area contributed by atoms with Crippen LogP contribution in [0.1, 0.15) is 56.8 Å². The average Bonchev–Trinajstić information content (AvgIpc) is 3.32. The number of thiol groups is 1. The van der Waals surface area contributed by atoms with E-state index in [9.17, 15) is 4.79 Å². The molecular weight excluding hydrogens is 366 g/mol. The summed E-state index contributed by atoms with van der Waals surface area (Å²) in [7, 11) is 2.21. The van der Waals surface area contributed by atoms with Crippen LogP contribution in [-0.2, 0) is 0 Å². The fourth-order valence-electron chi connectivity index (χ4n) is 3.31. The first-order chi connectivity index (χ1) is 13.2. The van der Waals surface area contributed by atoms with E-state index >= 15 is 0 Å². The van der Waals surface area contributed by atoms with E-state index in [1.807, 2.05) is 0 Å². The number of hydrogen-bond acceptors (Lipinski definition) is 5. The van der Waals surface area contributed by atoms with E-state index < -0.39 is 0 Å². The van der Waals surface area contributed by atoms with Gasteiger partial charge in [-0.2, -0.15) is 5.26 Å². The van der Waals surface area contributed by atoms with Gasteiger partial charge in [0.05, 0.1) is 6.07 Å². The van der Waals surface area contributed by atoms with Crippen molar-refractivity contribution in [3.63, 3.8) is 0 Å². The molecule has 0 aromatic heterocycles. The van der Waals surface area contributed by atoms with Crippen molar-refractivity contribution in [1.29, 1.82) is 5.26 Å². The predicted molar refractivity (Wildman–Crippen MR) is 120 cm³/mol. The van der Waals surface area contributed by atoms with Crippen molar-refractivity contribution in [2.75, 3.05) is 20.1 Å². The molecule has 1 aromatic rings. The molecule has 2 aliphatic carbocycles. The van der Waals surface area contributed by atoms with Gasteiger partial charge in [0.15, 0.2) is 0 Å². The molecule has 0 amide bonds. The van der Waals surface area contributed by atoms with Crippen molar-refractivity contribution < 1.29 is 4.79 Å². The van der Waals surface area contributed by atoms with Crippen LogP contribution in [0.25, 0.3) is 0 Å². The third-order valence-corrected chi connectivity index (χ3v) is 5.33. The van der Waals surface area contributed by atoms with Gasteiger partial charge in [-0.05, 0) is 56.2 Å². The lowest BCUT2D eigenvalue weighted by molar-refractivity contribution is 0.112. The van der Waals surface area contributed by atoms with E-state index in [1.54, 1.807) is 30.3 Å². The Kier molecular flexibility index (Phi) is 10.3. The molecule has 3 rings (SSSR count). The Morgan fingerprint density at radius 2 is 1.93 bits per heavy atom. The number of aldehydes is 1. The van der Waals surface area contributed by atoms with Crippen LogP contribution in [0.2, 0.25) is 0 Å². The maximum Gasteiger partial charge on any atom is 0.150 e. The van der Waals surface area contributed by atoms with Gasteiger partial charge in [-0.3, -0.25) is 4.79 Å². The van der Waals surface area contributed by atoms with Crippen LogP contribution in [0.3, 0.4) is 0 Å². The number of nitriles is 1. The molecule has 0 unspecified atom stereocenters. The number of likely N-dealkylation sites (N-methyl/N-ethyl adjacent to an activating group) is 1. The maximum atomic E-state index is 10.1. The van der Waals surface area contributed by atoms with E-state index in [1.165, 1.54) is 44.8 Å². The van der Waals surface area contributed by atoms with Gasteiger partial charge in [0, 0.05) is 42.2 Å². The van der Waals surface area contributed by atoms with Gasteiger partial charge in [0.1, 0.15) is 6.29 Å². The summed E-state index contributed by atoms with van der Waals surface area (Å²) < 4.78 is 0. The van der Waals surface area contributed by atoms with Gasteiger partial charge in [0.25, 0.3) is 0 Å². The number of carbonyl (C=O) groups is 1. The Bertz CT molecular complexity index is 655. The number of carbonyl (C=O) groups excluding carboxylic acids is 1. The minimum Gasteiger partial charge on any atom is -0.385 e. The molecule has 0 saturated heterocycles. The Balaban J connectivity index is 0.000000276. The van der Waals surface area contributed by atoms with E-state index in [0.29, 0.717) is 17.0 Å². The zero-order chi connectivity index (χ0) is 21.2. The second kappa shape index (κ2) is 11.9. The van der Waals surface area contributed by atoms with Gasteiger partial charge in [-0.25, -0.2) is 0 Å². The molecule has 2 fully saturated rings. The van der Waals surface area contributed by atoms with Crippen LogP contribution in [0.5, 0.6) is 0 Å². The molecule has 5 heteroatoms. The zero-order valence-electron chi connectivity index (χ0n) is 17.7. The van der Waals surface area contributed by atoms with E-state index in [0.717, 1.165) is 23.6 Å². The van der Waals surface area contributed by atoms with E-state index in [2.05, 4.69) is 50.3 Å². The summed E-state index contributed by atoms with van der Waals surface area (Å²) in [6.45, 7) is 12.5. The van der Waals surface area contributed by atoms with Crippen molar-refractivity contribution >= 4 is 18.9 Å². The Hall–Kier alpha value is -1.77. The molecular formula is C23H35N3OS. The number of rotatable bonds is 7. The molecule has 2 saturated carbocycles. The molecule has 4 nitrogen and oxygen atoms in total. The Labute approximate surface area is 176 Å². The minimum absolute atomic E-state index is 0.611. The van der Waals surface area contributed by atoms with Crippen molar-refractivity contribution in [2.24, 2.45) is 11.3 Å². The summed E-state index contributed by atoms with van der Waals surface area (Å²) in [6, 6.07) is 9.48. The summed E-state index contributed by atoms with van der Waals surface area (Å²) in [5.74, 6) is 0.911. The smallest absolute Gasteiger partial charge is 0.150 e. The van der Waals surface area contributed by atoms with Crippen LogP contribution >= 0.6 is 12.6 Å². The highest BCUT2D eigenvalue weighted by atomic mass is 32.1. The monoisotopic (exact) mass is 401 g/mol. The van der Waals surface area contributed by atoms with E-state index in [4.69, 9.17) is 5.26 Å². The fourth-order valence-corrected chi connectivity index (χ4v) is 3.46. The molecule has 0 spiro atoms. The van der Waals surface area contributed by atoms with Gasteiger partial charge in [-0.15, -0.1) is 12.6 Å². The van der Waals surface area contributed by atoms with Gasteiger partial charge in [0.2, 0.25) is 0 Å². The average molecular weight is 402 g/mol. The zero-order valence-corrected chi connectivity index (χ0v) is 18.6. The summed E-state index contributed by atoms with van der Waals surface area (Å²) in [5, 5.41) is 10.9. The number of nitrogens with one attached hydrogen (secondary N) is 1. The first-order valence-electron chi connectivity index (χ1n) is 9.89. The SMILES string of the molecule is C=C(CN(C)CC1(C)CC1)NC1CC(C)C1.CC#N.O=Cc1ccc(S)cc1. The maximum absolute atomic E-state index is 10.1. The highest BCUT2D eigenvalue weighted by molar-refractivity contribution is 7.80. The predicted octanol–water partition coefficient (Wildman–Crippen LogP) is 4.94. The lowest BCUT2D eigenvalue weighted by atomic mass is 9.82. The van der Waals surface area contributed by atoms with Crippen LogP contribution < -0.4 is 5.32 Å². The van der Waals surface area contributed by atoms with E-state index in [-0.39, 0.29) is 0 Å². The lowest BCUT2D eigenvalue weighted by Gasteiger charge is -2.35. The van der Waals surface area contributed by atoms with Crippen LogP contribution in [0.4, 0.5) is 0 Å². The highest BCUT2D eigenvalue weighted by Gasteiger charge is 2.38. The fraction of sp³-hybridized carbons (Fsp3) is 0.565. The molecule has 0 radical (unpaired) electrons. The molecule has 0 heterocycles. The topological polar surface area (TPSA) is 56.1 Å². The largest absolute Gasteiger partial charge is 0.385 e. The third kappa shape index (κ3) is 9.96. The Morgan fingerprint density at radius 1 is 1.39 bits per heavy atom. The molecule has 28 heavy (non-hydrogen) atoms. The second-order valence-corrected chi connectivity index (χ2v) is 8.95. The second-order valence-electron chi connectivity index (χ2n) is 8.44. The number of nitrogens with zero attached hydrogens (tertiary/aromatic N) is 2. The normalized spacial score (nSPS) is 20.9. The van der Waals surface area contributed by atoms with Crippen LogP contribution in [-0.4, -0.2) is 37.4 Å². The summed E-state index contributed by atoms with van der Waals surface area (Å²) in [6.07, 6.45) is 6.25. The molecule has 0 atom stereocenters. The molecule has 2 aliphatic rings. The van der Waals surface area contributed by atoms with Crippen molar-refractivity contribution in [3.8, 4) is 6.07 Å². The van der Waals surface area contributed by atoms with Gasteiger partial charge in [-0.1, -0.05) is 32.6 Å². The summed E-state index contributed by atoms with van der Waals surface area (Å²) in [5.41, 5.74) is 2.50. The first kappa shape index (κ1) is 24.3. The molecule has 1 aromatic carbocycles. The molecule has 0 aliphatic heterocycles. The van der Waals surface area contributed by atoms with Crippen LogP contribution in [0.15, 0.2) is 41.4 Å². The van der Waals surface area contributed by atoms with Gasteiger partial charge < -0.3 is 10.2 Å². The van der Waals surface area contributed by atoms with Crippen molar-refractivity contribution in [3.05, 3.63) is 42.1 Å². The third-order valence-electron chi connectivity index (χ3n) is 5.03. The molecule has 1 N–H and O–H groups in total. The quantitative estimate of drug-likeness (QED) is 0.502. The van der Waals surface area contributed by atoms with Crippen molar-refractivity contribution in [1.82, 2.24) is 10.2 Å². The first-order valence-corrected chi connectivity index (χ1v) is 10.3. The van der Waals surface area contributed by atoms with Gasteiger partial charge >= 0.3 is 0 Å². The Morgan fingerprint density at radius 3 is 2.36 bits per heavy atom. The number of benzene rings is 1. The minimum atomic E-state index is 0.611. The molecule has 0 bridgehead atoms. The standard InChI is InChI=1S/C14H26N2.C7H6OS.C2H3N/c1-11-7-13(8-11)15-12(2)9-16(4)10-14(3)5-6-14;8-5-6-1-3-7(9)4-2-6;1-2-3/h11,13,15H,2,5-10H2,1,3-4H3;1-5,9H;1H3. The highest BCUT2D eigenvalue weighted by Crippen LogP contribution is 2.45. The lowest BCUT2D eigenvalue weighted by Crippen LogP contribution is -2.42. The van der Waals surface area contributed by atoms with Crippen molar-refractivity contribution in [2.45, 2.75) is 57.4 Å². The number of hydrogen-bond donors (Lipinski definition) is 2. The van der Waals surface area contributed by atoms with Crippen LogP contribution in [0, 0.1) is 22.7 Å². The molecule has 154 valence electrons.